The summed E-state index contributed by atoms with van der Waals surface area (Å²) in [6.45, 7) is 3.00. The maximum absolute atomic E-state index is 12.6. The number of hydrogen-bond donors (Lipinski definition) is 0. The van der Waals surface area contributed by atoms with Crippen molar-refractivity contribution in [2.24, 2.45) is 5.92 Å². The van der Waals surface area contributed by atoms with Gasteiger partial charge in [-0.15, -0.1) is 0 Å². The van der Waals surface area contributed by atoms with Gasteiger partial charge in [-0.3, -0.25) is 9.59 Å². The minimum atomic E-state index is -0.355. The molecule has 2 aromatic rings. The van der Waals surface area contributed by atoms with Crippen LogP contribution in [0, 0.1) is 5.92 Å². The van der Waals surface area contributed by atoms with E-state index in [1.54, 1.807) is 11.8 Å². The van der Waals surface area contributed by atoms with E-state index in [0.29, 0.717) is 19.1 Å². The first-order valence-corrected chi connectivity index (χ1v) is 9.88. The van der Waals surface area contributed by atoms with Crippen molar-refractivity contribution in [2.45, 2.75) is 26.2 Å². The number of nitrogens with zero attached hydrogens (tertiary/aromatic N) is 1. The van der Waals surface area contributed by atoms with Crippen molar-refractivity contribution in [2.75, 3.05) is 26.3 Å². The number of carbonyl (C=O) groups is 2. The minimum Gasteiger partial charge on any atom is -0.492 e. The zero-order chi connectivity index (χ0) is 19.8. The van der Waals surface area contributed by atoms with Crippen LogP contribution in [0.1, 0.15) is 26.2 Å². The van der Waals surface area contributed by atoms with Gasteiger partial charge in [0.2, 0.25) is 5.91 Å². The molecule has 0 unspecified atom stereocenters. The second-order valence-electron chi connectivity index (χ2n) is 6.98. The summed E-state index contributed by atoms with van der Waals surface area (Å²) in [6, 6.07) is 17.8. The van der Waals surface area contributed by atoms with E-state index in [2.05, 4.69) is 0 Å². The third-order valence-corrected chi connectivity index (χ3v) is 4.70. The molecule has 0 aliphatic heterocycles. The molecule has 3 rings (SSSR count). The lowest BCUT2D eigenvalue weighted by atomic mass is 10.1. The van der Waals surface area contributed by atoms with Gasteiger partial charge in [0, 0.05) is 12.1 Å². The lowest BCUT2D eigenvalue weighted by molar-refractivity contribution is -0.149. The van der Waals surface area contributed by atoms with E-state index in [1.165, 1.54) is 0 Å². The van der Waals surface area contributed by atoms with Gasteiger partial charge in [0.15, 0.2) is 0 Å². The van der Waals surface area contributed by atoms with Gasteiger partial charge < -0.3 is 14.4 Å². The molecule has 5 nitrogen and oxygen atoms in total. The SMILES string of the molecule is CCOC(=O)CN(CC1CC1)C(=O)CCOc1ccccc1-c1ccccc1. The van der Waals surface area contributed by atoms with E-state index in [0.717, 1.165) is 29.7 Å². The van der Waals surface area contributed by atoms with Crippen LogP contribution in [-0.2, 0) is 14.3 Å². The van der Waals surface area contributed by atoms with E-state index in [1.807, 2.05) is 54.6 Å². The summed E-state index contributed by atoms with van der Waals surface area (Å²) in [6.07, 6.45) is 2.47. The predicted octanol–water partition coefficient (Wildman–Crippen LogP) is 3.92. The smallest absolute Gasteiger partial charge is 0.325 e. The van der Waals surface area contributed by atoms with Crippen molar-refractivity contribution in [3.8, 4) is 16.9 Å². The van der Waals surface area contributed by atoms with Crippen LogP contribution in [0.15, 0.2) is 54.6 Å². The molecule has 1 saturated carbocycles. The van der Waals surface area contributed by atoms with Crippen molar-refractivity contribution in [3.05, 3.63) is 54.6 Å². The van der Waals surface area contributed by atoms with Crippen LogP contribution < -0.4 is 4.74 Å². The third kappa shape index (κ3) is 5.84. The Labute approximate surface area is 166 Å². The van der Waals surface area contributed by atoms with Crippen molar-refractivity contribution >= 4 is 11.9 Å². The monoisotopic (exact) mass is 381 g/mol. The quantitative estimate of drug-likeness (QED) is 0.585. The zero-order valence-corrected chi connectivity index (χ0v) is 16.3. The molecule has 0 saturated heterocycles. The standard InChI is InChI=1S/C23H27NO4/c1-2-27-23(26)17-24(16-18-12-13-18)22(25)14-15-28-21-11-7-6-10-20(21)19-8-4-3-5-9-19/h3-11,18H,2,12-17H2,1H3. The number of hydrogen-bond acceptors (Lipinski definition) is 4. The molecule has 148 valence electrons. The molecular weight excluding hydrogens is 354 g/mol. The molecule has 1 aliphatic rings. The maximum Gasteiger partial charge on any atom is 0.325 e. The number of ether oxygens (including phenoxy) is 2. The van der Waals surface area contributed by atoms with Gasteiger partial charge in [-0.25, -0.2) is 0 Å². The Kier molecular flexibility index (Phi) is 7.06. The lowest BCUT2D eigenvalue weighted by Crippen LogP contribution is -2.38. The fourth-order valence-electron chi connectivity index (χ4n) is 3.08. The average molecular weight is 381 g/mol. The normalized spacial score (nSPS) is 13.0. The van der Waals surface area contributed by atoms with Gasteiger partial charge >= 0.3 is 5.97 Å². The number of esters is 1. The maximum atomic E-state index is 12.6. The molecule has 0 radical (unpaired) electrons. The summed E-state index contributed by atoms with van der Waals surface area (Å²) in [5, 5.41) is 0. The summed E-state index contributed by atoms with van der Waals surface area (Å²) in [5.41, 5.74) is 2.07. The van der Waals surface area contributed by atoms with Crippen LogP contribution in [0.4, 0.5) is 0 Å². The average Bonchev–Trinajstić information content (AvgIpc) is 3.53. The highest BCUT2D eigenvalue weighted by molar-refractivity contribution is 5.82. The van der Waals surface area contributed by atoms with Gasteiger partial charge in [-0.2, -0.15) is 0 Å². The van der Waals surface area contributed by atoms with Crippen LogP contribution in [0.2, 0.25) is 0 Å². The Morgan fingerprint density at radius 1 is 1.04 bits per heavy atom. The molecule has 0 atom stereocenters. The van der Waals surface area contributed by atoms with Crippen LogP contribution >= 0.6 is 0 Å². The molecule has 0 bridgehead atoms. The fourth-order valence-corrected chi connectivity index (χ4v) is 3.08. The van der Waals surface area contributed by atoms with Crippen molar-refractivity contribution in [1.82, 2.24) is 4.90 Å². The summed E-state index contributed by atoms with van der Waals surface area (Å²) in [5.74, 6) is 0.836. The minimum absolute atomic E-state index is 0.0176. The van der Waals surface area contributed by atoms with Crippen LogP contribution in [0.3, 0.4) is 0 Å². The second kappa shape index (κ2) is 9.93. The predicted molar refractivity (Wildman–Crippen MR) is 108 cm³/mol. The van der Waals surface area contributed by atoms with Crippen molar-refractivity contribution < 1.29 is 19.1 Å². The van der Waals surface area contributed by atoms with E-state index < -0.39 is 0 Å². The summed E-state index contributed by atoms with van der Waals surface area (Å²) in [4.78, 5) is 26.1. The second-order valence-corrected chi connectivity index (χ2v) is 6.98. The molecule has 28 heavy (non-hydrogen) atoms. The third-order valence-electron chi connectivity index (χ3n) is 4.70. The molecule has 1 aliphatic carbocycles. The van der Waals surface area contributed by atoms with Crippen molar-refractivity contribution in [3.63, 3.8) is 0 Å². The molecule has 5 heteroatoms. The Balaban J connectivity index is 1.57. The van der Waals surface area contributed by atoms with Crippen LogP contribution in [0.5, 0.6) is 5.75 Å². The number of carbonyl (C=O) groups excluding carboxylic acids is 2. The zero-order valence-electron chi connectivity index (χ0n) is 16.3. The Hall–Kier alpha value is -2.82. The summed E-state index contributed by atoms with van der Waals surface area (Å²) >= 11 is 0. The van der Waals surface area contributed by atoms with Gasteiger partial charge in [0.1, 0.15) is 12.3 Å². The van der Waals surface area contributed by atoms with Gasteiger partial charge in [0.25, 0.3) is 0 Å². The Morgan fingerprint density at radius 3 is 2.46 bits per heavy atom. The lowest BCUT2D eigenvalue weighted by Gasteiger charge is -2.22. The number of rotatable bonds is 10. The highest BCUT2D eigenvalue weighted by Crippen LogP contribution is 2.31. The van der Waals surface area contributed by atoms with E-state index in [-0.39, 0.29) is 31.4 Å². The molecule has 1 amide bonds. The van der Waals surface area contributed by atoms with E-state index in [9.17, 15) is 9.59 Å². The Morgan fingerprint density at radius 2 is 1.75 bits per heavy atom. The first-order chi connectivity index (χ1) is 13.7. The largest absolute Gasteiger partial charge is 0.492 e. The molecular formula is C23H27NO4. The molecule has 0 spiro atoms. The summed E-state index contributed by atoms with van der Waals surface area (Å²) < 4.78 is 10.9. The highest BCUT2D eigenvalue weighted by Gasteiger charge is 2.28. The van der Waals surface area contributed by atoms with Crippen LogP contribution in [0.25, 0.3) is 11.1 Å². The fraction of sp³-hybridized carbons (Fsp3) is 0.391. The molecule has 0 aromatic heterocycles. The van der Waals surface area contributed by atoms with Crippen LogP contribution in [-0.4, -0.2) is 43.1 Å². The number of benzene rings is 2. The van der Waals surface area contributed by atoms with E-state index >= 15 is 0 Å². The van der Waals surface area contributed by atoms with E-state index in [4.69, 9.17) is 9.47 Å². The molecule has 0 heterocycles. The number of amides is 1. The number of para-hydroxylation sites is 1. The molecule has 2 aromatic carbocycles. The van der Waals surface area contributed by atoms with Crippen molar-refractivity contribution in [1.29, 1.82) is 0 Å². The molecule has 1 fully saturated rings. The van der Waals surface area contributed by atoms with Gasteiger partial charge in [0.05, 0.1) is 19.6 Å². The highest BCUT2D eigenvalue weighted by atomic mass is 16.5. The topological polar surface area (TPSA) is 55.8 Å². The first kappa shape index (κ1) is 19.9. The van der Waals surface area contributed by atoms with Gasteiger partial charge in [-0.05, 0) is 37.3 Å². The Bertz CT molecular complexity index is 786. The molecule has 0 N–H and O–H groups in total. The first-order valence-electron chi connectivity index (χ1n) is 9.88. The van der Waals surface area contributed by atoms with Gasteiger partial charge in [-0.1, -0.05) is 48.5 Å². The summed E-state index contributed by atoms with van der Waals surface area (Å²) in [7, 11) is 0.